The third-order valence-corrected chi connectivity index (χ3v) is 43.4. The Balaban J connectivity index is 0.000000307. The van der Waals surface area contributed by atoms with Crippen molar-refractivity contribution in [2.24, 2.45) is 0 Å². The van der Waals surface area contributed by atoms with Gasteiger partial charge in [0, 0.05) is 33.5 Å². The third-order valence-electron chi connectivity index (χ3n) is 19.6. The molecule has 6 nitrogen and oxygen atoms in total. The highest BCUT2D eigenvalue weighted by atomic mass is 31.2. The van der Waals surface area contributed by atoms with E-state index in [4.69, 9.17) is 17.7 Å². The van der Waals surface area contributed by atoms with Crippen LogP contribution in [-0.2, 0) is 26.8 Å². The van der Waals surface area contributed by atoms with E-state index in [1.54, 1.807) is 0 Å². The maximum Gasteiger partial charge on any atom is 0.192 e. The average molecular weight is 1250 g/mol. The van der Waals surface area contributed by atoms with Gasteiger partial charge in [-0.2, -0.15) is 0 Å². The van der Waals surface area contributed by atoms with Gasteiger partial charge < -0.3 is 26.8 Å². The van der Waals surface area contributed by atoms with Crippen LogP contribution in [0.4, 0.5) is 0 Å². The van der Waals surface area contributed by atoms with Crippen molar-refractivity contribution in [2.45, 2.75) is 245 Å². The highest BCUT2D eigenvalue weighted by Crippen LogP contribution is 2.50. The van der Waals surface area contributed by atoms with Crippen LogP contribution in [0.1, 0.15) is 148 Å². The standard InChI is InChI=1S/2C36H57O3PSi2/c2*1-12-13-24-32-33(38-41(8,9)35(2,3)4)27-29(28-34(32)39-42(10,11)36(5,6)7)25-26-40(37,30-20-16-14-17-21-30)31-22-18-15-19-23-31/h2*14-25,33-34H,12-13,26-28H2,1-11H3/t2*33-,34-/m11/s1. The van der Waals surface area contributed by atoms with E-state index in [1.165, 1.54) is 22.3 Å². The molecule has 2 aliphatic carbocycles. The lowest BCUT2D eigenvalue weighted by Gasteiger charge is -2.46. The molecule has 0 radical (unpaired) electrons. The SMILES string of the molecule is CCCC=C1[C@H](O[Si](C)(C)C(C)(C)C)CC(=CCP(=O)(c2ccccc2)c2ccccc2)C[C@H]1O[Si](C)(C)C(C)(C)C.CCCC=C1[C@H](O[Si](C)(C)C(C)(C)C)CC(=CCP(=O)(c2ccccc2)c2ccccc2)C[C@H]1O[Si](C)(C)C(C)(C)C. The fourth-order valence-electron chi connectivity index (χ4n) is 9.97. The van der Waals surface area contributed by atoms with Gasteiger partial charge in [-0.25, -0.2) is 0 Å². The summed E-state index contributed by atoms with van der Waals surface area (Å²) in [5, 5.41) is 4.08. The summed E-state index contributed by atoms with van der Waals surface area (Å²) in [7, 11) is -13.9. The molecule has 0 unspecified atom stereocenters. The molecule has 0 spiro atoms. The normalized spacial score (nSPS) is 19.1. The summed E-state index contributed by atoms with van der Waals surface area (Å²) in [5.74, 6) is 0. The first kappa shape index (κ1) is 71.8. The maximum atomic E-state index is 14.8. The molecule has 0 aromatic heterocycles. The van der Waals surface area contributed by atoms with Gasteiger partial charge in [0.05, 0.1) is 24.4 Å². The number of hydrogen-bond donors (Lipinski definition) is 0. The van der Waals surface area contributed by atoms with Crippen molar-refractivity contribution in [3.8, 4) is 0 Å². The molecule has 0 amide bonds. The van der Waals surface area contributed by atoms with Gasteiger partial charge in [-0.15, -0.1) is 0 Å². The molecule has 4 atom stereocenters. The van der Waals surface area contributed by atoms with Crippen molar-refractivity contribution in [1.29, 1.82) is 0 Å². The van der Waals surface area contributed by atoms with Crippen molar-refractivity contribution < 1.29 is 26.8 Å². The number of benzene rings is 4. The van der Waals surface area contributed by atoms with E-state index in [0.717, 1.165) is 72.6 Å². The zero-order valence-electron chi connectivity index (χ0n) is 56.6. The molecule has 0 bridgehead atoms. The van der Waals surface area contributed by atoms with E-state index < -0.39 is 47.6 Å². The quantitative estimate of drug-likeness (QED) is 0.0499. The van der Waals surface area contributed by atoms with Crippen LogP contribution in [0.25, 0.3) is 0 Å². The molecule has 2 fully saturated rings. The predicted octanol–water partition coefficient (Wildman–Crippen LogP) is 20.5. The first-order valence-corrected chi connectivity index (χ1v) is 47.1. The number of rotatable bonds is 20. The summed E-state index contributed by atoms with van der Waals surface area (Å²) < 4.78 is 58.5. The molecule has 0 aliphatic heterocycles. The molecular weight excluding hydrogens is 1140 g/mol. The van der Waals surface area contributed by atoms with E-state index in [1.807, 2.05) is 121 Å². The van der Waals surface area contributed by atoms with Crippen LogP contribution < -0.4 is 21.2 Å². The van der Waals surface area contributed by atoms with Crippen LogP contribution in [0.3, 0.4) is 0 Å². The lowest BCUT2D eigenvalue weighted by atomic mass is 9.85. The molecule has 84 heavy (non-hydrogen) atoms. The Morgan fingerprint density at radius 2 is 0.571 bits per heavy atom. The van der Waals surface area contributed by atoms with Crippen LogP contribution >= 0.6 is 14.3 Å². The molecule has 0 saturated heterocycles. The molecule has 4 aromatic carbocycles. The monoisotopic (exact) mass is 1250 g/mol. The molecule has 2 aliphatic rings. The molecule has 2 saturated carbocycles. The van der Waals surface area contributed by atoms with Gasteiger partial charge in [-0.1, -0.05) is 267 Å². The first-order valence-electron chi connectivity index (χ1n) is 31.7. The van der Waals surface area contributed by atoms with Crippen LogP contribution in [0.5, 0.6) is 0 Å². The van der Waals surface area contributed by atoms with Gasteiger partial charge in [-0.05, 0) is 122 Å². The van der Waals surface area contributed by atoms with Crippen LogP contribution in [0, 0.1) is 0 Å². The number of allylic oxidation sites excluding steroid dienone is 4. The van der Waals surface area contributed by atoms with Crippen molar-refractivity contribution in [1.82, 2.24) is 0 Å². The number of unbranched alkanes of at least 4 members (excludes halogenated alkanes) is 2. The van der Waals surface area contributed by atoms with Gasteiger partial charge in [0.25, 0.3) is 0 Å². The second kappa shape index (κ2) is 29.1. The van der Waals surface area contributed by atoms with E-state index in [2.05, 4.69) is 174 Å². The molecular formula is C72H114O6P2Si4. The second-order valence-electron chi connectivity index (χ2n) is 30.2. The lowest BCUT2D eigenvalue weighted by molar-refractivity contribution is 0.130. The third kappa shape index (κ3) is 18.5. The van der Waals surface area contributed by atoms with Crippen molar-refractivity contribution >= 4 is 68.8 Å². The molecule has 0 N–H and O–H groups in total. The predicted molar refractivity (Wildman–Crippen MR) is 378 cm³/mol. The molecule has 0 heterocycles. The largest absolute Gasteiger partial charge is 0.410 e. The van der Waals surface area contributed by atoms with Gasteiger partial charge in [0.2, 0.25) is 0 Å². The lowest BCUT2D eigenvalue weighted by Crippen LogP contribution is -2.50. The molecule has 464 valence electrons. The van der Waals surface area contributed by atoms with Gasteiger partial charge >= 0.3 is 0 Å². The molecule has 6 rings (SSSR count). The number of hydrogen-bond acceptors (Lipinski definition) is 6. The van der Waals surface area contributed by atoms with Crippen molar-refractivity contribution in [2.75, 3.05) is 12.3 Å². The molecule has 12 heteroatoms. The van der Waals surface area contributed by atoms with E-state index >= 15 is 0 Å². The Bertz CT molecular complexity index is 2570. The topological polar surface area (TPSA) is 71.1 Å². The zero-order chi connectivity index (χ0) is 62.8. The van der Waals surface area contributed by atoms with E-state index in [9.17, 15) is 9.13 Å². The summed E-state index contributed by atoms with van der Waals surface area (Å²) >= 11 is 0. The Labute approximate surface area is 517 Å². The summed E-state index contributed by atoms with van der Waals surface area (Å²) in [6.45, 7) is 51.1. The Morgan fingerprint density at radius 1 is 0.369 bits per heavy atom. The van der Waals surface area contributed by atoms with Crippen molar-refractivity contribution in [3.63, 3.8) is 0 Å². The van der Waals surface area contributed by atoms with E-state index in [0.29, 0.717) is 12.3 Å². The minimum absolute atomic E-state index is 0.0138. The Hall–Kier alpha value is -2.99. The highest BCUT2D eigenvalue weighted by Gasteiger charge is 2.48. The maximum absolute atomic E-state index is 14.8. The van der Waals surface area contributed by atoms with Crippen LogP contribution in [-0.4, -0.2) is 70.0 Å². The summed E-state index contributed by atoms with van der Waals surface area (Å²) in [6, 6.07) is 40.1. The highest BCUT2D eigenvalue weighted by molar-refractivity contribution is 7.79. The smallest absolute Gasteiger partial charge is 0.192 e. The van der Waals surface area contributed by atoms with E-state index in [-0.39, 0.29) is 44.6 Å². The second-order valence-corrected chi connectivity index (χ2v) is 55.0. The summed E-state index contributed by atoms with van der Waals surface area (Å²) in [6.07, 6.45) is 18.0. The Kier molecular flexibility index (Phi) is 24.9. The van der Waals surface area contributed by atoms with Crippen LogP contribution in [0.15, 0.2) is 168 Å². The van der Waals surface area contributed by atoms with Gasteiger partial charge in [-0.3, -0.25) is 0 Å². The zero-order valence-corrected chi connectivity index (χ0v) is 62.4. The van der Waals surface area contributed by atoms with Crippen molar-refractivity contribution in [3.05, 3.63) is 168 Å². The molecule has 4 aromatic rings. The fourth-order valence-corrected chi connectivity index (χ4v) is 20.2. The minimum atomic E-state index is -2.85. The minimum Gasteiger partial charge on any atom is -0.410 e. The van der Waals surface area contributed by atoms with Gasteiger partial charge in [0.1, 0.15) is 14.3 Å². The summed E-state index contributed by atoms with van der Waals surface area (Å²) in [5.41, 5.74) is 5.28. The first-order chi connectivity index (χ1) is 38.8. The Morgan fingerprint density at radius 3 is 0.750 bits per heavy atom. The summed E-state index contributed by atoms with van der Waals surface area (Å²) in [4.78, 5) is 0. The average Bonchev–Trinajstić information content (AvgIpc) is 1.49. The van der Waals surface area contributed by atoms with Crippen LogP contribution in [0.2, 0.25) is 72.5 Å². The van der Waals surface area contributed by atoms with Gasteiger partial charge in [0.15, 0.2) is 33.3 Å². The fraction of sp³-hybridized carbons (Fsp3) is 0.556.